The summed E-state index contributed by atoms with van der Waals surface area (Å²) in [6.45, 7) is 1.85. The van der Waals surface area contributed by atoms with Crippen LogP contribution < -0.4 is 15.9 Å². The van der Waals surface area contributed by atoms with Crippen LogP contribution in [0.1, 0.15) is 51.3 Å². The van der Waals surface area contributed by atoms with Gasteiger partial charge in [-0.2, -0.15) is 23.1 Å². The quantitative estimate of drug-likeness (QED) is 0.506. The number of fused-ring (bicyclic) bond motifs is 1. The maximum Gasteiger partial charge on any atom is 0.416 e. The van der Waals surface area contributed by atoms with E-state index in [9.17, 15) is 27.2 Å². The smallest absolute Gasteiger partial charge is 0.348 e. The van der Waals surface area contributed by atoms with Crippen LogP contribution in [0.4, 0.5) is 23.5 Å². The molecule has 38 heavy (non-hydrogen) atoms. The largest absolute Gasteiger partial charge is 0.416 e. The van der Waals surface area contributed by atoms with Gasteiger partial charge in [0.15, 0.2) is 0 Å². The van der Waals surface area contributed by atoms with Crippen LogP contribution in [0, 0.1) is 17.1 Å². The standard InChI is InChI=1S/C26H24F4N6O2/c1-15(17-5-7-18(8-6-17)26(28,29)30)32-25-33-22-10-11-35(14-20(22)24(38)36(25)34(2)3)23(37)19-9-4-16(13-31)12-21(19)27/h4-9,12,15H,10-11,14H2,1-3H3,(H,32,33)/t15-/m0/s1. The molecule has 4 rings (SSSR count). The summed E-state index contributed by atoms with van der Waals surface area (Å²) in [5, 5.41) is 13.5. The molecule has 8 nitrogen and oxygen atoms in total. The van der Waals surface area contributed by atoms with Crippen LogP contribution in [0.5, 0.6) is 0 Å². The highest BCUT2D eigenvalue weighted by atomic mass is 19.4. The summed E-state index contributed by atoms with van der Waals surface area (Å²) in [6, 6.07) is 9.64. The lowest BCUT2D eigenvalue weighted by Gasteiger charge is -2.31. The molecule has 0 saturated carbocycles. The van der Waals surface area contributed by atoms with E-state index in [2.05, 4.69) is 10.3 Å². The van der Waals surface area contributed by atoms with E-state index >= 15 is 0 Å². The van der Waals surface area contributed by atoms with Gasteiger partial charge in [-0.05, 0) is 42.8 Å². The number of rotatable bonds is 5. The lowest BCUT2D eigenvalue weighted by molar-refractivity contribution is -0.137. The first-order valence-electron chi connectivity index (χ1n) is 11.7. The number of aromatic nitrogens is 2. The van der Waals surface area contributed by atoms with Crippen molar-refractivity contribution in [2.75, 3.05) is 31.0 Å². The lowest BCUT2D eigenvalue weighted by Crippen LogP contribution is -2.45. The van der Waals surface area contributed by atoms with Gasteiger partial charge < -0.3 is 15.2 Å². The first-order valence-corrected chi connectivity index (χ1v) is 11.7. The van der Waals surface area contributed by atoms with Gasteiger partial charge >= 0.3 is 6.18 Å². The Labute approximate surface area is 215 Å². The van der Waals surface area contributed by atoms with Gasteiger partial charge in [0.05, 0.1) is 46.6 Å². The third-order valence-corrected chi connectivity index (χ3v) is 6.31. The predicted molar refractivity (Wildman–Crippen MR) is 132 cm³/mol. The molecule has 1 N–H and O–H groups in total. The topological polar surface area (TPSA) is 94.3 Å². The molecule has 0 radical (unpaired) electrons. The van der Waals surface area contributed by atoms with E-state index < -0.39 is 35.1 Å². The Morgan fingerprint density at radius 2 is 1.87 bits per heavy atom. The van der Waals surface area contributed by atoms with Crippen molar-refractivity contribution < 1.29 is 22.4 Å². The molecule has 0 fully saturated rings. The number of hydrogen-bond acceptors (Lipinski definition) is 6. The Hall–Kier alpha value is -4.40. The minimum Gasteiger partial charge on any atom is -0.348 e. The highest BCUT2D eigenvalue weighted by Gasteiger charge is 2.31. The molecule has 1 atom stereocenters. The van der Waals surface area contributed by atoms with Gasteiger partial charge in [0, 0.05) is 27.1 Å². The fourth-order valence-electron chi connectivity index (χ4n) is 4.27. The molecule has 0 saturated heterocycles. The van der Waals surface area contributed by atoms with Crippen LogP contribution in [0.15, 0.2) is 47.3 Å². The monoisotopic (exact) mass is 528 g/mol. The van der Waals surface area contributed by atoms with Crippen LogP contribution in [0.25, 0.3) is 0 Å². The van der Waals surface area contributed by atoms with Crippen LogP contribution in [-0.2, 0) is 19.1 Å². The van der Waals surface area contributed by atoms with Crippen molar-refractivity contribution in [2.24, 2.45) is 0 Å². The highest BCUT2D eigenvalue weighted by molar-refractivity contribution is 5.94. The van der Waals surface area contributed by atoms with Crippen molar-refractivity contribution in [3.05, 3.63) is 92.1 Å². The summed E-state index contributed by atoms with van der Waals surface area (Å²) in [4.78, 5) is 32.4. The zero-order valence-corrected chi connectivity index (χ0v) is 20.8. The SMILES string of the molecule is C[C@H](Nc1nc2c(c(=O)n1N(C)C)CN(C(=O)c1ccc(C#N)cc1F)CC2)c1ccc(C(F)(F)F)cc1. The molecule has 1 aromatic heterocycles. The predicted octanol–water partition coefficient (Wildman–Crippen LogP) is 3.84. The average molecular weight is 529 g/mol. The molecule has 3 aromatic rings. The second kappa shape index (κ2) is 10.2. The maximum atomic E-state index is 14.4. The molecule has 1 aliphatic rings. The van der Waals surface area contributed by atoms with E-state index in [1.165, 1.54) is 38.9 Å². The molecule has 0 bridgehead atoms. The molecule has 12 heteroatoms. The van der Waals surface area contributed by atoms with Crippen LogP contribution in [-0.4, -0.2) is 41.1 Å². The van der Waals surface area contributed by atoms with Crippen molar-refractivity contribution in [3.8, 4) is 6.07 Å². The number of benzene rings is 2. The third kappa shape index (κ3) is 5.18. The second-order valence-electron chi connectivity index (χ2n) is 9.09. The Balaban J connectivity index is 1.61. The summed E-state index contributed by atoms with van der Waals surface area (Å²) in [6.07, 6.45) is -4.20. The van der Waals surface area contributed by atoms with E-state index in [0.717, 1.165) is 18.2 Å². The Kier molecular flexibility index (Phi) is 7.13. The van der Waals surface area contributed by atoms with E-state index in [0.29, 0.717) is 11.3 Å². The molecule has 0 unspecified atom stereocenters. The number of alkyl halides is 3. The highest BCUT2D eigenvalue weighted by Crippen LogP contribution is 2.30. The number of carbonyl (C=O) groups excluding carboxylic acids is 1. The lowest BCUT2D eigenvalue weighted by atomic mass is 10.0. The number of nitriles is 1. The summed E-state index contributed by atoms with van der Waals surface area (Å²) in [5.41, 5.74) is 0.0188. The second-order valence-corrected chi connectivity index (χ2v) is 9.09. The van der Waals surface area contributed by atoms with Crippen LogP contribution >= 0.6 is 0 Å². The number of halogens is 4. The van der Waals surface area contributed by atoms with Gasteiger partial charge in [-0.15, -0.1) is 0 Å². The Morgan fingerprint density at radius 1 is 1.18 bits per heavy atom. The fraction of sp³-hybridized carbons (Fsp3) is 0.308. The normalized spacial score (nSPS) is 13.9. The molecule has 2 aromatic carbocycles. The number of anilines is 1. The number of hydrogen-bond donors (Lipinski definition) is 1. The molecule has 2 heterocycles. The maximum absolute atomic E-state index is 14.4. The first kappa shape index (κ1) is 26.7. The molecule has 0 aliphatic carbocycles. The summed E-state index contributed by atoms with van der Waals surface area (Å²) in [7, 11) is 3.25. The minimum absolute atomic E-state index is 0.0813. The summed E-state index contributed by atoms with van der Waals surface area (Å²) >= 11 is 0. The van der Waals surface area contributed by atoms with Gasteiger partial charge in [0.1, 0.15) is 5.82 Å². The molecular formula is C26H24F4N6O2. The minimum atomic E-state index is -4.44. The van der Waals surface area contributed by atoms with Crippen molar-refractivity contribution >= 4 is 11.9 Å². The fourth-order valence-corrected chi connectivity index (χ4v) is 4.27. The van der Waals surface area contributed by atoms with Gasteiger partial charge in [-0.1, -0.05) is 12.1 Å². The van der Waals surface area contributed by atoms with Crippen molar-refractivity contribution in [3.63, 3.8) is 0 Å². The molecule has 1 amide bonds. The van der Waals surface area contributed by atoms with E-state index in [1.807, 2.05) is 6.07 Å². The average Bonchev–Trinajstić information content (AvgIpc) is 2.87. The van der Waals surface area contributed by atoms with Gasteiger partial charge in [-0.3, -0.25) is 9.59 Å². The van der Waals surface area contributed by atoms with Crippen molar-refractivity contribution in [1.82, 2.24) is 14.6 Å². The Morgan fingerprint density at radius 3 is 2.45 bits per heavy atom. The first-order chi connectivity index (χ1) is 17.9. The van der Waals surface area contributed by atoms with Gasteiger partial charge in [0.25, 0.3) is 11.5 Å². The van der Waals surface area contributed by atoms with Crippen LogP contribution in [0.3, 0.4) is 0 Å². The molecule has 198 valence electrons. The van der Waals surface area contributed by atoms with Gasteiger partial charge in [-0.25, -0.2) is 9.37 Å². The van der Waals surface area contributed by atoms with E-state index in [1.54, 1.807) is 21.0 Å². The van der Waals surface area contributed by atoms with Crippen LogP contribution in [0.2, 0.25) is 0 Å². The molecule has 0 spiro atoms. The zero-order chi connectivity index (χ0) is 27.8. The number of amides is 1. The van der Waals surface area contributed by atoms with E-state index in [-0.39, 0.29) is 42.1 Å². The Bertz CT molecular complexity index is 1480. The number of nitrogens with one attached hydrogen (secondary N) is 1. The number of carbonyl (C=O) groups is 1. The molecular weight excluding hydrogens is 504 g/mol. The van der Waals surface area contributed by atoms with Crippen molar-refractivity contribution in [2.45, 2.75) is 32.1 Å². The van der Waals surface area contributed by atoms with Crippen molar-refractivity contribution in [1.29, 1.82) is 5.26 Å². The summed E-state index contributed by atoms with van der Waals surface area (Å²) < 4.78 is 54.5. The molecule has 1 aliphatic heterocycles. The zero-order valence-electron chi connectivity index (χ0n) is 20.8. The van der Waals surface area contributed by atoms with E-state index in [4.69, 9.17) is 5.26 Å². The van der Waals surface area contributed by atoms with Gasteiger partial charge in [0.2, 0.25) is 5.95 Å². The number of nitrogens with zero attached hydrogens (tertiary/aromatic N) is 5. The summed E-state index contributed by atoms with van der Waals surface area (Å²) in [5.74, 6) is -1.23. The third-order valence-electron chi connectivity index (χ3n) is 6.31.